The van der Waals surface area contributed by atoms with Crippen molar-refractivity contribution < 1.29 is 4.79 Å². The zero-order valence-electron chi connectivity index (χ0n) is 10.6. The maximum absolute atomic E-state index is 12.4. The summed E-state index contributed by atoms with van der Waals surface area (Å²) in [5.41, 5.74) is 5.37. The Kier molecular flexibility index (Phi) is 3.16. The number of rotatable bonds is 2. The van der Waals surface area contributed by atoms with Gasteiger partial charge in [-0.2, -0.15) is 0 Å². The Bertz CT molecular complexity index is 579. The zero-order valence-corrected chi connectivity index (χ0v) is 11.4. The molecule has 1 aromatic carbocycles. The molecule has 0 atom stereocenters. The van der Waals surface area contributed by atoms with E-state index in [-0.39, 0.29) is 5.78 Å². The van der Waals surface area contributed by atoms with Gasteiger partial charge >= 0.3 is 0 Å². The van der Waals surface area contributed by atoms with Gasteiger partial charge in [0.2, 0.25) is 5.78 Å². The highest BCUT2D eigenvalue weighted by molar-refractivity contribution is 7.12. The molecule has 0 radical (unpaired) electrons. The predicted molar refractivity (Wildman–Crippen MR) is 73.1 cm³/mol. The molecule has 1 heterocycles. The van der Waals surface area contributed by atoms with E-state index in [2.05, 4.69) is 13.0 Å². The Morgan fingerprint density at radius 2 is 1.59 bits per heavy atom. The molecule has 0 spiro atoms. The van der Waals surface area contributed by atoms with Gasteiger partial charge in [0.05, 0.1) is 4.88 Å². The van der Waals surface area contributed by atoms with Gasteiger partial charge in [0.25, 0.3) is 0 Å². The Morgan fingerprint density at radius 1 is 0.941 bits per heavy atom. The van der Waals surface area contributed by atoms with Gasteiger partial charge in [-0.1, -0.05) is 6.07 Å². The van der Waals surface area contributed by atoms with Gasteiger partial charge in [0.15, 0.2) is 0 Å². The number of carbonyl (C=O) groups is 1. The van der Waals surface area contributed by atoms with Crippen molar-refractivity contribution in [2.45, 2.75) is 27.7 Å². The third kappa shape index (κ3) is 2.18. The van der Waals surface area contributed by atoms with Crippen molar-refractivity contribution in [2.75, 3.05) is 0 Å². The molecule has 2 heteroatoms. The lowest BCUT2D eigenvalue weighted by molar-refractivity contribution is 0.104. The first-order valence-electron chi connectivity index (χ1n) is 5.67. The second kappa shape index (κ2) is 4.46. The lowest BCUT2D eigenvalue weighted by atomic mass is 9.97. The van der Waals surface area contributed by atoms with Crippen molar-refractivity contribution in [1.29, 1.82) is 0 Å². The van der Waals surface area contributed by atoms with E-state index in [0.717, 1.165) is 21.6 Å². The highest BCUT2D eigenvalue weighted by Crippen LogP contribution is 2.23. The van der Waals surface area contributed by atoms with Crippen LogP contribution in [-0.2, 0) is 0 Å². The molecular formula is C15H16OS. The number of thiophene rings is 1. The summed E-state index contributed by atoms with van der Waals surface area (Å²) in [6.07, 6.45) is 0. The van der Waals surface area contributed by atoms with E-state index in [0.29, 0.717) is 0 Å². The molecule has 0 aliphatic carbocycles. The summed E-state index contributed by atoms with van der Waals surface area (Å²) in [5.74, 6) is 0.151. The Hall–Kier alpha value is -1.41. The molecule has 0 bridgehead atoms. The predicted octanol–water partition coefficient (Wildman–Crippen LogP) is 4.21. The number of carbonyl (C=O) groups excluding carboxylic acids is 1. The molecule has 0 aliphatic rings. The first-order chi connectivity index (χ1) is 8.00. The lowest BCUT2D eigenvalue weighted by Crippen LogP contribution is -2.04. The van der Waals surface area contributed by atoms with Crippen molar-refractivity contribution in [3.05, 3.63) is 56.3 Å². The number of hydrogen-bond donors (Lipinski definition) is 0. The minimum atomic E-state index is 0.151. The van der Waals surface area contributed by atoms with Crippen LogP contribution in [0.15, 0.2) is 23.6 Å². The van der Waals surface area contributed by atoms with E-state index in [1.807, 2.05) is 38.3 Å². The van der Waals surface area contributed by atoms with Crippen molar-refractivity contribution in [3.8, 4) is 0 Å². The van der Waals surface area contributed by atoms with Crippen LogP contribution < -0.4 is 0 Å². The second-order valence-corrected chi connectivity index (χ2v) is 5.43. The van der Waals surface area contributed by atoms with Gasteiger partial charge in [-0.3, -0.25) is 4.79 Å². The average Bonchev–Trinajstić information content (AvgIpc) is 2.69. The van der Waals surface area contributed by atoms with Crippen molar-refractivity contribution >= 4 is 17.1 Å². The highest BCUT2D eigenvalue weighted by Gasteiger charge is 2.15. The quantitative estimate of drug-likeness (QED) is 0.723. The van der Waals surface area contributed by atoms with Crippen LogP contribution in [0.2, 0.25) is 0 Å². The van der Waals surface area contributed by atoms with Crippen LogP contribution >= 0.6 is 11.3 Å². The number of aryl methyl sites for hydroxylation is 4. The third-order valence-electron chi connectivity index (χ3n) is 3.15. The summed E-state index contributed by atoms with van der Waals surface area (Å²) in [6, 6.07) is 6.09. The first kappa shape index (κ1) is 12.1. The third-order valence-corrected chi connectivity index (χ3v) is 4.17. The molecule has 1 nitrogen and oxygen atoms in total. The van der Waals surface area contributed by atoms with E-state index in [1.54, 1.807) is 0 Å². The molecule has 0 amide bonds. The molecule has 0 fully saturated rings. The summed E-state index contributed by atoms with van der Waals surface area (Å²) < 4.78 is 0. The minimum Gasteiger partial charge on any atom is -0.288 e. The van der Waals surface area contributed by atoms with Gasteiger partial charge in [-0.15, -0.1) is 11.3 Å². The molecule has 0 N–H and O–H groups in total. The Morgan fingerprint density at radius 3 is 2.18 bits per heavy atom. The molecule has 0 unspecified atom stereocenters. The lowest BCUT2D eigenvalue weighted by Gasteiger charge is -2.08. The fourth-order valence-corrected chi connectivity index (χ4v) is 2.81. The van der Waals surface area contributed by atoms with Gasteiger partial charge in [-0.25, -0.2) is 0 Å². The summed E-state index contributed by atoms with van der Waals surface area (Å²) in [7, 11) is 0. The van der Waals surface area contributed by atoms with E-state index in [1.165, 1.54) is 22.5 Å². The standard InChI is InChI=1S/C15H16OS/c1-9-5-6-17-15(9)14(16)13-8-11(3)10(2)7-12(13)4/h5-8H,1-4H3. The van der Waals surface area contributed by atoms with Crippen LogP contribution in [0.25, 0.3) is 0 Å². The van der Waals surface area contributed by atoms with Crippen LogP contribution in [0.4, 0.5) is 0 Å². The molecule has 88 valence electrons. The monoisotopic (exact) mass is 244 g/mol. The fourth-order valence-electron chi connectivity index (χ4n) is 1.93. The summed E-state index contributed by atoms with van der Waals surface area (Å²) in [5, 5.41) is 1.97. The summed E-state index contributed by atoms with van der Waals surface area (Å²) >= 11 is 1.52. The number of hydrogen-bond acceptors (Lipinski definition) is 2. The summed E-state index contributed by atoms with van der Waals surface area (Å²) in [4.78, 5) is 13.3. The Labute approximate surface area is 106 Å². The first-order valence-corrected chi connectivity index (χ1v) is 6.55. The summed E-state index contributed by atoms with van der Waals surface area (Å²) in [6.45, 7) is 8.11. The molecule has 17 heavy (non-hydrogen) atoms. The van der Waals surface area contributed by atoms with Crippen LogP contribution in [0.1, 0.15) is 37.5 Å². The van der Waals surface area contributed by atoms with E-state index in [4.69, 9.17) is 0 Å². The molecule has 0 saturated carbocycles. The van der Waals surface area contributed by atoms with E-state index >= 15 is 0 Å². The molecule has 0 aliphatic heterocycles. The van der Waals surface area contributed by atoms with Crippen LogP contribution in [-0.4, -0.2) is 5.78 Å². The molecule has 0 saturated heterocycles. The van der Waals surface area contributed by atoms with Crippen LogP contribution in [0.5, 0.6) is 0 Å². The van der Waals surface area contributed by atoms with Gasteiger partial charge in [0.1, 0.15) is 0 Å². The maximum Gasteiger partial charge on any atom is 0.203 e. The van der Waals surface area contributed by atoms with Gasteiger partial charge in [0, 0.05) is 5.56 Å². The number of benzene rings is 1. The smallest absolute Gasteiger partial charge is 0.203 e. The topological polar surface area (TPSA) is 17.1 Å². The highest BCUT2D eigenvalue weighted by atomic mass is 32.1. The zero-order chi connectivity index (χ0) is 12.6. The molecule has 2 rings (SSSR count). The van der Waals surface area contributed by atoms with Crippen molar-refractivity contribution in [3.63, 3.8) is 0 Å². The Balaban J connectivity index is 2.52. The van der Waals surface area contributed by atoms with Gasteiger partial charge in [-0.05, 0) is 67.5 Å². The molecular weight excluding hydrogens is 228 g/mol. The second-order valence-electron chi connectivity index (χ2n) is 4.51. The van der Waals surface area contributed by atoms with Crippen molar-refractivity contribution in [1.82, 2.24) is 0 Å². The SMILES string of the molecule is Cc1cc(C)c(C(=O)c2sccc2C)cc1C. The molecule has 1 aromatic heterocycles. The normalized spacial score (nSPS) is 10.6. The molecule has 2 aromatic rings. The maximum atomic E-state index is 12.4. The van der Waals surface area contributed by atoms with Crippen molar-refractivity contribution in [2.24, 2.45) is 0 Å². The minimum absolute atomic E-state index is 0.151. The fraction of sp³-hybridized carbons (Fsp3) is 0.267. The van der Waals surface area contributed by atoms with E-state index in [9.17, 15) is 4.79 Å². The van der Waals surface area contributed by atoms with Crippen LogP contribution in [0, 0.1) is 27.7 Å². The van der Waals surface area contributed by atoms with Gasteiger partial charge < -0.3 is 0 Å². The van der Waals surface area contributed by atoms with Crippen LogP contribution in [0.3, 0.4) is 0 Å². The number of ketones is 1. The average molecular weight is 244 g/mol. The van der Waals surface area contributed by atoms with E-state index < -0.39 is 0 Å². The largest absolute Gasteiger partial charge is 0.288 e.